The van der Waals surface area contributed by atoms with Gasteiger partial charge < -0.3 is 9.47 Å². The molecule has 1 unspecified atom stereocenters. The quantitative estimate of drug-likeness (QED) is 0.464. The van der Waals surface area contributed by atoms with Gasteiger partial charge in [0.1, 0.15) is 0 Å². The summed E-state index contributed by atoms with van der Waals surface area (Å²) in [6.07, 6.45) is 5.94. The molecule has 0 aromatic carbocycles. The zero-order valence-electron chi connectivity index (χ0n) is 7.29. The van der Waals surface area contributed by atoms with Crippen molar-refractivity contribution in [1.82, 2.24) is 0 Å². The monoisotopic (exact) mass is 170 g/mol. The van der Waals surface area contributed by atoms with E-state index < -0.39 is 6.29 Å². The molecule has 0 amide bonds. The van der Waals surface area contributed by atoms with Crippen LogP contribution in [0, 0.1) is 0 Å². The van der Waals surface area contributed by atoms with E-state index in [0.29, 0.717) is 6.61 Å². The van der Waals surface area contributed by atoms with Crippen LogP contribution in [0.25, 0.3) is 0 Å². The van der Waals surface area contributed by atoms with Crippen LogP contribution in [0.15, 0.2) is 12.2 Å². The van der Waals surface area contributed by atoms with E-state index in [4.69, 9.17) is 9.47 Å². The van der Waals surface area contributed by atoms with E-state index in [1.807, 2.05) is 0 Å². The molecule has 0 fully saturated rings. The Balaban J connectivity index is 2.01. The van der Waals surface area contributed by atoms with Crippen LogP contribution in [0.4, 0.5) is 0 Å². The molecule has 68 valence electrons. The van der Waals surface area contributed by atoms with E-state index in [1.165, 1.54) is 12.5 Å². The second-order valence-electron chi connectivity index (χ2n) is 2.74. The molecule has 3 heteroatoms. The molecule has 0 aromatic rings. The SMILES string of the molecule is CCCCCOC1C=CC(=O)O1. The maximum absolute atomic E-state index is 10.6. The third-order valence-electron chi connectivity index (χ3n) is 1.65. The van der Waals surface area contributed by atoms with Crippen LogP contribution in [0.1, 0.15) is 26.2 Å². The molecule has 1 aliphatic heterocycles. The van der Waals surface area contributed by atoms with Gasteiger partial charge in [0.25, 0.3) is 0 Å². The molecule has 0 spiro atoms. The van der Waals surface area contributed by atoms with Crippen LogP contribution < -0.4 is 0 Å². The molecule has 1 rings (SSSR count). The Morgan fingerprint density at radius 1 is 1.58 bits per heavy atom. The summed E-state index contributed by atoms with van der Waals surface area (Å²) in [4.78, 5) is 10.6. The Hall–Kier alpha value is -0.830. The topological polar surface area (TPSA) is 35.5 Å². The van der Waals surface area contributed by atoms with Gasteiger partial charge in [-0.1, -0.05) is 19.8 Å². The van der Waals surface area contributed by atoms with Crippen molar-refractivity contribution in [3.8, 4) is 0 Å². The number of esters is 1. The van der Waals surface area contributed by atoms with Crippen LogP contribution in [0.2, 0.25) is 0 Å². The molecule has 1 aliphatic rings. The van der Waals surface area contributed by atoms with Crippen molar-refractivity contribution < 1.29 is 14.3 Å². The number of cyclic esters (lactones) is 1. The van der Waals surface area contributed by atoms with Gasteiger partial charge >= 0.3 is 5.97 Å². The normalized spacial score (nSPS) is 21.4. The van der Waals surface area contributed by atoms with E-state index in [9.17, 15) is 4.79 Å². The first-order valence-corrected chi connectivity index (χ1v) is 4.33. The smallest absolute Gasteiger partial charge is 0.333 e. The predicted molar refractivity (Wildman–Crippen MR) is 44.5 cm³/mol. The number of hydrogen-bond acceptors (Lipinski definition) is 3. The van der Waals surface area contributed by atoms with Crippen molar-refractivity contribution in [2.24, 2.45) is 0 Å². The second kappa shape index (κ2) is 4.93. The first kappa shape index (κ1) is 9.26. The number of carbonyl (C=O) groups is 1. The molecule has 0 bridgehead atoms. The second-order valence-corrected chi connectivity index (χ2v) is 2.74. The van der Waals surface area contributed by atoms with Crippen molar-refractivity contribution in [2.75, 3.05) is 6.61 Å². The summed E-state index contributed by atoms with van der Waals surface area (Å²) in [7, 11) is 0. The Morgan fingerprint density at radius 2 is 2.42 bits per heavy atom. The van der Waals surface area contributed by atoms with Crippen LogP contribution >= 0.6 is 0 Å². The lowest BCUT2D eigenvalue weighted by Gasteiger charge is -2.08. The highest BCUT2D eigenvalue weighted by Crippen LogP contribution is 2.07. The number of hydrogen-bond donors (Lipinski definition) is 0. The van der Waals surface area contributed by atoms with Crippen molar-refractivity contribution in [2.45, 2.75) is 32.5 Å². The van der Waals surface area contributed by atoms with Crippen molar-refractivity contribution >= 4 is 5.97 Å². The molecule has 1 heterocycles. The fourth-order valence-corrected chi connectivity index (χ4v) is 0.991. The summed E-state index contributed by atoms with van der Waals surface area (Å²) in [5.74, 6) is -0.310. The van der Waals surface area contributed by atoms with Crippen LogP contribution in [0.5, 0.6) is 0 Å². The summed E-state index contributed by atoms with van der Waals surface area (Å²) in [5.41, 5.74) is 0. The van der Waals surface area contributed by atoms with E-state index >= 15 is 0 Å². The lowest BCUT2D eigenvalue weighted by molar-refractivity contribution is -0.158. The minimum atomic E-state index is -0.436. The summed E-state index contributed by atoms with van der Waals surface area (Å²) < 4.78 is 10.0. The number of carbonyl (C=O) groups excluding carboxylic acids is 1. The lowest BCUT2D eigenvalue weighted by Crippen LogP contribution is -2.12. The largest absolute Gasteiger partial charge is 0.429 e. The van der Waals surface area contributed by atoms with Gasteiger partial charge in [-0.2, -0.15) is 0 Å². The Bertz CT molecular complexity index is 175. The van der Waals surface area contributed by atoms with Crippen LogP contribution in [-0.2, 0) is 14.3 Å². The van der Waals surface area contributed by atoms with E-state index in [-0.39, 0.29) is 5.97 Å². The van der Waals surface area contributed by atoms with Crippen molar-refractivity contribution in [1.29, 1.82) is 0 Å². The van der Waals surface area contributed by atoms with Crippen LogP contribution in [0.3, 0.4) is 0 Å². The molecule has 0 saturated carbocycles. The molecule has 0 radical (unpaired) electrons. The average molecular weight is 170 g/mol. The molecular formula is C9H14O3. The Morgan fingerprint density at radius 3 is 3.00 bits per heavy atom. The fraction of sp³-hybridized carbons (Fsp3) is 0.667. The Labute approximate surface area is 72.4 Å². The maximum Gasteiger partial charge on any atom is 0.333 e. The predicted octanol–water partition coefficient (Wildman–Crippen LogP) is 1.63. The summed E-state index contributed by atoms with van der Waals surface area (Å²) in [5, 5.41) is 0. The summed E-state index contributed by atoms with van der Waals surface area (Å²) in [6.45, 7) is 2.80. The zero-order valence-corrected chi connectivity index (χ0v) is 7.29. The van der Waals surface area contributed by atoms with Gasteiger partial charge in [-0.15, -0.1) is 0 Å². The molecule has 0 aliphatic carbocycles. The van der Waals surface area contributed by atoms with Crippen molar-refractivity contribution in [3.63, 3.8) is 0 Å². The first-order chi connectivity index (χ1) is 5.83. The lowest BCUT2D eigenvalue weighted by atomic mass is 10.3. The van der Waals surface area contributed by atoms with Gasteiger partial charge in [-0.3, -0.25) is 0 Å². The standard InChI is InChI=1S/C9H14O3/c1-2-3-4-7-11-9-6-5-8(10)12-9/h5-6,9H,2-4,7H2,1H3. The highest BCUT2D eigenvalue weighted by atomic mass is 16.7. The molecule has 0 N–H and O–H groups in total. The minimum Gasteiger partial charge on any atom is -0.429 e. The van der Waals surface area contributed by atoms with E-state index in [1.54, 1.807) is 6.08 Å². The van der Waals surface area contributed by atoms with Gasteiger partial charge in [-0.25, -0.2) is 4.79 Å². The first-order valence-electron chi connectivity index (χ1n) is 4.33. The highest BCUT2D eigenvalue weighted by molar-refractivity contribution is 5.84. The third kappa shape index (κ3) is 3.05. The van der Waals surface area contributed by atoms with E-state index in [0.717, 1.165) is 12.8 Å². The molecule has 1 atom stereocenters. The third-order valence-corrected chi connectivity index (χ3v) is 1.65. The minimum absolute atomic E-state index is 0.310. The van der Waals surface area contributed by atoms with Crippen LogP contribution in [-0.4, -0.2) is 18.9 Å². The summed E-state index contributed by atoms with van der Waals surface area (Å²) >= 11 is 0. The van der Waals surface area contributed by atoms with Gasteiger partial charge in [-0.05, 0) is 12.5 Å². The molecule has 12 heavy (non-hydrogen) atoms. The van der Waals surface area contributed by atoms with Gasteiger partial charge in [0, 0.05) is 6.08 Å². The van der Waals surface area contributed by atoms with E-state index in [2.05, 4.69) is 6.92 Å². The number of rotatable bonds is 5. The van der Waals surface area contributed by atoms with Gasteiger partial charge in [0.15, 0.2) is 0 Å². The fourth-order valence-electron chi connectivity index (χ4n) is 0.991. The highest BCUT2D eigenvalue weighted by Gasteiger charge is 2.15. The number of unbranched alkanes of at least 4 members (excludes halogenated alkanes) is 2. The summed E-state index contributed by atoms with van der Waals surface area (Å²) in [6, 6.07) is 0. The maximum atomic E-state index is 10.6. The van der Waals surface area contributed by atoms with Gasteiger partial charge in [0.2, 0.25) is 6.29 Å². The average Bonchev–Trinajstić information content (AvgIpc) is 2.45. The molecule has 0 saturated heterocycles. The molecule has 0 aromatic heterocycles. The molecular weight excluding hydrogens is 156 g/mol. The van der Waals surface area contributed by atoms with Crippen molar-refractivity contribution in [3.05, 3.63) is 12.2 Å². The Kier molecular flexibility index (Phi) is 3.80. The van der Waals surface area contributed by atoms with Gasteiger partial charge in [0.05, 0.1) is 6.61 Å². The zero-order chi connectivity index (χ0) is 8.81. The number of ether oxygens (including phenoxy) is 2. The molecule has 3 nitrogen and oxygen atoms in total.